The molecule has 0 saturated carbocycles. The Morgan fingerprint density at radius 1 is 1.04 bits per heavy atom. The Kier molecular flexibility index (Phi) is 9.63. The standard InChI is InChI=1S/C20H25N3O3.HI/c1-14-5-8-17(18(11-14)25-3)13-23-20(21-2)22-12-15-6-9-16(10-7-15)19(24)26-4;/h5-11H,12-13H2,1-4H3,(H2,21,22,23);1H. The number of rotatable bonds is 6. The van der Waals surface area contributed by atoms with Gasteiger partial charge in [-0.3, -0.25) is 4.99 Å². The summed E-state index contributed by atoms with van der Waals surface area (Å²) in [6.45, 7) is 3.22. The van der Waals surface area contributed by atoms with Crippen molar-refractivity contribution in [2.45, 2.75) is 20.0 Å². The first-order valence-corrected chi connectivity index (χ1v) is 8.32. The number of hydrogen-bond acceptors (Lipinski definition) is 4. The molecule has 0 spiro atoms. The van der Waals surface area contributed by atoms with Crippen LogP contribution in [0.5, 0.6) is 5.75 Å². The molecular formula is C20H26IN3O3. The molecule has 0 fully saturated rings. The van der Waals surface area contributed by atoms with Gasteiger partial charge in [-0.2, -0.15) is 0 Å². The molecule has 7 heteroatoms. The van der Waals surface area contributed by atoms with Gasteiger partial charge in [-0.05, 0) is 36.2 Å². The minimum atomic E-state index is -0.339. The highest BCUT2D eigenvalue weighted by atomic mass is 127. The summed E-state index contributed by atoms with van der Waals surface area (Å²) in [6, 6.07) is 13.4. The summed E-state index contributed by atoms with van der Waals surface area (Å²) in [5.74, 6) is 1.20. The lowest BCUT2D eigenvalue weighted by Gasteiger charge is -2.14. The van der Waals surface area contributed by atoms with E-state index in [0.717, 1.165) is 22.4 Å². The number of benzene rings is 2. The predicted octanol–water partition coefficient (Wildman–Crippen LogP) is 3.27. The number of ether oxygens (including phenoxy) is 2. The van der Waals surface area contributed by atoms with E-state index in [9.17, 15) is 4.79 Å². The van der Waals surface area contributed by atoms with Crippen molar-refractivity contribution in [2.75, 3.05) is 21.3 Å². The van der Waals surface area contributed by atoms with Crippen LogP contribution in [0.4, 0.5) is 0 Å². The molecule has 0 radical (unpaired) electrons. The molecule has 0 amide bonds. The fourth-order valence-electron chi connectivity index (χ4n) is 2.46. The number of esters is 1. The predicted molar refractivity (Wildman–Crippen MR) is 118 cm³/mol. The van der Waals surface area contributed by atoms with Gasteiger partial charge >= 0.3 is 5.97 Å². The van der Waals surface area contributed by atoms with Gasteiger partial charge in [-0.1, -0.05) is 24.3 Å². The Balaban J connectivity index is 0.00000364. The lowest BCUT2D eigenvalue weighted by atomic mass is 10.1. The van der Waals surface area contributed by atoms with Crippen molar-refractivity contribution >= 4 is 35.9 Å². The minimum Gasteiger partial charge on any atom is -0.496 e. The second-order valence-corrected chi connectivity index (χ2v) is 5.78. The molecule has 2 aromatic rings. The molecule has 0 aliphatic heterocycles. The van der Waals surface area contributed by atoms with Gasteiger partial charge in [-0.25, -0.2) is 4.79 Å². The Morgan fingerprint density at radius 2 is 1.70 bits per heavy atom. The van der Waals surface area contributed by atoms with E-state index in [1.807, 2.05) is 31.2 Å². The van der Waals surface area contributed by atoms with E-state index in [0.29, 0.717) is 24.6 Å². The second kappa shape index (κ2) is 11.4. The molecule has 0 bridgehead atoms. The van der Waals surface area contributed by atoms with Crippen LogP contribution in [-0.2, 0) is 17.8 Å². The fraction of sp³-hybridized carbons (Fsp3) is 0.300. The van der Waals surface area contributed by atoms with E-state index in [2.05, 4.69) is 21.7 Å². The normalized spacial score (nSPS) is 10.6. The molecule has 2 N–H and O–H groups in total. The van der Waals surface area contributed by atoms with Crippen molar-refractivity contribution in [3.05, 3.63) is 64.7 Å². The molecule has 0 aromatic heterocycles. The van der Waals surface area contributed by atoms with Crippen LogP contribution in [0.25, 0.3) is 0 Å². The van der Waals surface area contributed by atoms with Gasteiger partial charge in [-0.15, -0.1) is 24.0 Å². The molecule has 146 valence electrons. The highest BCUT2D eigenvalue weighted by Gasteiger charge is 2.06. The zero-order valence-electron chi connectivity index (χ0n) is 16.0. The molecule has 0 aliphatic rings. The summed E-state index contributed by atoms with van der Waals surface area (Å²) in [5.41, 5.74) is 3.78. The third-order valence-electron chi connectivity index (χ3n) is 3.95. The van der Waals surface area contributed by atoms with Crippen LogP contribution in [-0.4, -0.2) is 33.2 Å². The third kappa shape index (κ3) is 6.74. The minimum absolute atomic E-state index is 0. The first-order valence-electron chi connectivity index (χ1n) is 8.32. The van der Waals surface area contributed by atoms with E-state index in [-0.39, 0.29) is 29.9 Å². The Hall–Kier alpha value is -2.29. The largest absolute Gasteiger partial charge is 0.496 e. The average Bonchev–Trinajstić information content (AvgIpc) is 2.68. The zero-order valence-corrected chi connectivity index (χ0v) is 18.4. The van der Waals surface area contributed by atoms with Crippen LogP contribution in [0, 0.1) is 6.92 Å². The molecule has 0 aliphatic carbocycles. The molecule has 27 heavy (non-hydrogen) atoms. The van der Waals surface area contributed by atoms with Gasteiger partial charge in [0.15, 0.2) is 5.96 Å². The Morgan fingerprint density at radius 3 is 2.30 bits per heavy atom. The van der Waals surface area contributed by atoms with Crippen LogP contribution in [0.3, 0.4) is 0 Å². The lowest BCUT2D eigenvalue weighted by molar-refractivity contribution is 0.0600. The Bertz CT molecular complexity index is 777. The monoisotopic (exact) mass is 483 g/mol. The van der Waals surface area contributed by atoms with Crippen LogP contribution in [0.15, 0.2) is 47.5 Å². The first kappa shape index (κ1) is 22.8. The summed E-state index contributed by atoms with van der Waals surface area (Å²) < 4.78 is 10.1. The van der Waals surface area contributed by atoms with Gasteiger partial charge in [0.2, 0.25) is 0 Å². The van der Waals surface area contributed by atoms with Crippen molar-refractivity contribution in [3.8, 4) is 5.75 Å². The SMILES string of the molecule is CN=C(NCc1ccc(C(=O)OC)cc1)NCc1ccc(C)cc1OC.I. The average molecular weight is 483 g/mol. The van der Waals surface area contributed by atoms with Crippen molar-refractivity contribution < 1.29 is 14.3 Å². The van der Waals surface area contributed by atoms with E-state index >= 15 is 0 Å². The second-order valence-electron chi connectivity index (χ2n) is 5.78. The number of carbonyl (C=O) groups is 1. The van der Waals surface area contributed by atoms with Crippen molar-refractivity contribution in [1.82, 2.24) is 10.6 Å². The molecule has 0 atom stereocenters. The van der Waals surface area contributed by atoms with Crippen LogP contribution in [0.1, 0.15) is 27.0 Å². The van der Waals surface area contributed by atoms with E-state index in [1.54, 1.807) is 26.3 Å². The summed E-state index contributed by atoms with van der Waals surface area (Å²) >= 11 is 0. The lowest BCUT2D eigenvalue weighted by Crippen LogP contribution is -2.36. The van der Waals surface area contributed by atoms with Crippen molar-refractivity contribution in [2.24, 2.45) is 4.99 Å². The van der Waals surface area contributed by atoms with Gasteiger partial charge in [0.25, 0.3) is 0 Å². The highest BCUT2D eigenvalue weighted by molar-refractivity contribution is 14.0. The topological polar surface area (TPSA) is 72.0 Å². The number of carbonyl (C=O) groups excluding carboxylic acids is 1. The molecule has 2 aromatic carbocycles. The molecule has 6 nitrogen and oxygen atoms in total. The maximum atomic E-state index is 11.5. The van der Waals surface area contributed by atoms with Gasteiger partial charge < -0.3 is 20.1 Å². The number of aliphatic imine (C=N–C) groups is 1. The van der Waals surface area contributed by atoms with Crippen LogP contribution < -0.4 is 15.4 Å². The first-order chi connectivity index (χ1) is 12.6. The van der Waals surface area contributed by atoms with Gasteiger partial charge in [0.05, 0.1) is 19.8 Å². The zero-order chi connectivity index (χ0) is 18.9. The summed E-state index contributed by atoms with van der Waals surface area (Å²) in [5, 5.41) is 6.52. The van der Waals surface area contributed by atoms with Gasteiger partial charge in [0, 0.05) is 25.7 Å². The summed E-state index contributed by atoms with van der Waals surface area (Å²) in [7, 11) is 4.77. The molecule has 2 rings (SSSR count). The maximum absolute atomic E-state index is 11.5. The molecule has 0 unspecified atom stereocenters. The van der Waals surface area contributed by atoms with Crippen LogP contribution in [0.2, 0.25) is 0 Å². The van der Waals surface area contributed by atoms with E-state index in [4.69, 9.17) is 9.47 Å². The summed E-state index contributed by atoms with van der Waals surface area (Å²) in [6.07, 6.45) is 0. The number of methoxy groups -OCH3 is 2. The maximum Gasteiger partial charge on any atom is 0.337 e. The Labute approximate surface area is 177 Å². The van der Waals surface area contributed by atoms with Crippen molar-refractivity contribution in [1.29, 1.82) is 0 Å². The van der Waals surface area contributed by atoms with Crippen molar-refractivity contribution in [3.63, 3.8) is 0 Å². The number of halogens is 1. The van der Waals surface area contributed by atoms with Gasteiger partial charge in [0.1, 0.15) is 5.75 Å². The number of guanidine groups is 1. The quantitative estimate of drug-likeness (QED) is 0.286. The smallest absolute Gasteiger partial charge is 0.337 e. The number of hydrogen-bond donors (Lipinski definition) is 2. The molecule has 0 heterocycles. The van der Waals surface area contributed by atoms with E-state index in [1.165, 1.54) is 7.11 Å². The molecular weight excluding hydrogens is 457 g/mol. The number of nitrogens with one attached hydrogen (secondary N) is 2. The highest BCUT2D eigenvalue weighted by Crippen LogP contribution is 2.19. The molecule has 0 saturated heterocycles. The third-order valence-corrected chi connectivity index (χ3v) is 3.95. The number of nitrogens with zero attached hydrogens (tertiary/aromatic N) is 1. The van der Waals surface area contributed by atoms with Crippen LogP contribution >= 0.6 is 24.0 Å². The fourth-order valence-corrected chi connectivity index (χ4v) is 2.46. The summed E-state index contributed by atoms with van der Waals surface area (Å²) in [4.78, 5) is 15.7. The number of aryl methyl sites for hydroxylation is 1. The van der Waals surface area contributed by atoms with E-state index < -0.39 is 0 Å².